The molecule has 1 unspecified atom stereocenters. The van der Waals surface area contributed by atoms with Crippen LogP contribution in [0.3, 0.4) is 0 Å². The van der Waals surface area contributed by atoms with E-state index in [1.807, 2.05) is 54.6 Å². The lowest BCUT2D eigenvalue weighted by molar-refractivity contribution is 0.0620. The van der Waals surface area contributed by atoms with Gasteiger partial charge in [-0.1, -0.05) is 42.5 Å². The van der Waals surface area contributed by atoms with E-state index in [-0.39, 0.29) is 17.5 Å². The fourth-order valence-electron chi connectivity index (χ4n) is 4.67. The van der Waals surface area contributed by atoms with Crippen LogP contribution < -0.4 is 10.9 Å². The van der Waals surface area contributed by atoms with Gasteiger partial charge in [-0.3, -0.25) is 14.2 Å². The van der Waals surface area contributed by atoms with Gasteiger partial charge in [-0.2, -0.15) is 0 Å². The van der Waals surface area contributed by atoms with Crippen molar-refractivity contribution in [3.8, 4) is 16.8 Å². The molecule has 0 aliphatic carbocycles. The van der Waals surface area contributed by atoms with Crippen LogP contribution in [-0.4, -0.2) is 41.1 Å². The van der Waals surface area contributed by atoms with Crippen molar-refractivity contribution in [3.05, 3.63) is 88.8 Å². The Bertz CT molecular complexity index is 1110. The fraction of sp³-hybridized carbons (Fsp3) is 0.280. The Morgan fingerprint density at radius 1 is 0.900 bits per heavy atom. The van der Waals surface area contributed by atoms with Crippen molar-refractivity contribution in [2.24, 2.45) is 5.92 Å². The Balaban J connectivity index is 1.41. The zero-order valence-corrected chi connectivity index (χ0v) is 16.8. The third-order valence-electron chi connectivity index (χ3n) is 6.38. The molecule has 0 spiro atoms. The van der Waals surface area contributed by atoms with Crippen LogP contribution in [0.25, 0.3) is 16.8 Å². The number of nitrogens with one attached hydrogen (secondary N) is 1. The number of benzene rings is 2. The SMILES string of the molecule is O=C(NC1CN2CCC1CC2)c1ccc(=O)n(-c2cccc(-c3ccccc3)c2)c1. The predicted molar refractivity (Wildman–Crippen MR) is 118 cm³/mol. The molecule has 3 aromatic rings. The molecule has 5 heteroatoms. The number of carbonyl (C=O) groups excluding carboxylic acids is 1. The van der Waals surface area contributed by atoms with Crippen molar-refractivity contribution in [2.45, 2.75) is 18.9 Å². The molecule has 3 saturated heterocycles. The first-order valence-electron chi connectivity index (χ1n) is 10.6. The average Bonchev–Trinajstić information content (AvgIpc) is 2.81. The summed E-state index contributed by atoms with van der Waals surface area (Å²) >= 11 is 0. The Hall–Kier alpha value is -3.18. The highest BCUT2D eigenvalue weighted by molar-refractivity contribution is 5.94. The van der Waals surface area contributed by atoms with Gasteiger partial charge in [0.25, 0.3) is 11.5 Å². The first-order valence-corrected chi connectivity index (χ1v) is 10.6. The van der Waals surface area contributed by atoms with Crippen LogP contribution >= 0.6 is 0 Å². The number of hydrogen-bond acceptors (Lipinski definition) is 3. The Kier molecular flexibility index (Phi) is 4.97. The topological polar surface area (TPSA) is 54.3 Å². The average molecular weight is 399 g/mol. The molecule has 1 aromatic heterocycles. The van der Waals surface area contributed by atoms with Crippen LogP contribution in [0.4, 0.5) is 0 Å². The van der Waals surface area contributed by atoms with Gasteiger partial charge in [0.15, 0.2) is 0 Å². The minimum atomic E-state index is -0.153. The maximum Gasteiger partial charge on any atom is 0.255 e. The van der Waals surface area contributed by atoms with Gasteiger partial charge in [0.05, 0.1) is 5.56 Å². The smallest absolute Gasteiger partial charge is 0.255 e. The molecule has 1 atom stereocenters. The van der Waals surface area contributed by atoms with Crippen LogP contribution in [0.5, 0.6) is 0 Å². The summed E-state index contributed by atoms with van der Waals surface area (Å²) in [5.41, 5.74) is 3.22. The summed E-state index contributed by atoms with van der Waals surface area (Å²) in [5.74, 6) is 0.453. The first-order chi connectivity index (χ1) is 14.7. The lowest BCUT2D eigenvalue weighted by atomic mass is 9.84. The normalized spacial score (nSPS) is 22.6. The predicted octanol–water partition coefficient (Wildman–Crippen LogP) is 3.33. The van der Waals surface area contributed by atoms with Crippen molar-refractivity contribution in [2.75, 3.05) is 19.6 Å². The molecule has 6 rings (SSSR count). The number of pyridine rings is 1. The van der Waals surface area contributed by atoms with Gasteiger partial charge >= 0.3 is 0 Å². The summed E-state index contributed by atoms with van der Waals surface area (Å²) in [6.07, 6.45) is 3.95. The van der Waals surface area contributed by atoms with E-state index in [0.717, 1.165) is 49.3 Å². The number of nitrogens with zero attached hydrogens (tertiary/aromatic N) is 2. The van der Waals surface area contributed by atoms with E-state index in [0.29, 0.717) is 11.5 Å². The molecular formula is C25H25N3O2. The summed E-state index contributed by atoms with van der Waals surface area (Å²) in [7, 11) is 0. The molecule has 2 bridgehead atoms. The second-order valence-corrected chi connectivity index (χ2v) is 8.26. The quantitative estimate of drug-likeness (QED) is 0.732. The van der Waals surface area contributed by atoms with Gasteiger partial charge < -0.3 is 10.2 Å². The van der Waals surface area contributed by atoms with E-state index in [1.165, 1.54) is 6.07 Å². The highest BCUT2D eigenvalue weighted by Crippen LogP contribution is 2.27. The van der Waals surface area contributed by atoms with Gasteiger partial charge in [0.1, 0.15) is 0 Å². The summed E-state index contributed by atoms with van der Waals surface area (Å²) in [6, 6.07) is 21.2. The molecule has 1 amide bonds. The Morgan fingerprint density at radius 2 is 1.67 bits per heavy atom. The van der Waals surface area contributed by atoms with Gasteiger partial charge in [-0.15, -0.1) is 0 Å². The standard InChI is InChI=1S/C25H25N3O2/c29-24-10-9-21(25(30)26-23-17-27-13-11-19(23)12-14-27)16-28(24)22-8-4-7-20(15-22)18-5-2-1-3-6-18/h1-10,15-16,19,23H,11-14,17H2,(H,26,30). The van der Waals surface area contributed by atoms with E-state index in [2.05, 4.69) is 10.2 Å². The maximum absolute atomic E-state index is 12.9. The van der Waals surface area contributed by atoms with Gasteiger partial charge in [0, 0.05) is 30.5 Å². The highest BCUT2D eigenvalue weighted by Gasteiger charge is 2.35. The molecule has 30 heavy (non-hydrogen) atoms. The second-order valence-electron chi connectivity index (χ2n) is 8.26. The lowest BCUT2D eigenvalue weighted by Crippen LogP contribution is -2.57. The monoisotopic (exact) mass is 399 g/mol. The first kappa shape index (κ1) is 18.8. The third-order valence-corrected chi connectivity index (χ3v) is 6.38. The van der Waals surface area contributed by atoms with Crippen LogP contribution in [0.2, 0.25) is 0 Å². The molecule has 152 valence electrons. The molecule has 3 fully saturated rings. The molecular weight excluding hydrogens is 374 g/mol. The Morgan fingerprint density at radius 3 is 2.40 bits per heavy atom. The van der Waals surface area contributed by atoms with E-state index in [9.17, 15) is 9.59 Å². The van der Waals surface area contributed by atoms with Crippen molar-refractivity contribution < 1.29 is 4.79 Å². The molecule has 2 aromatic carbocycles. The van der Waals surface area contributed by atoms with Crippen molar-refractivity contribution in [1.29, 1.82) is 0 Å². The molecule has 1 N–H and O–H groups in total. The second kappa shape index (κ2) is 7.92. The van der Waals surface area contributed by atoms with Crippen LogP contribution in [-0.2, 0) is 0 Å². The number of rotatable bonds is 4. The molecule has 3 aliphatic heterocycles. The zero-order chi connectivity index (χ0) is 20.5. The van der Waals surface area contributed by atoms with Gasteiger partial charge in [0.2, 0.25) is 0 Å². The summed E-state index contributed by atoms with van der Waals surface area (Å²) < 4.78 is 1.55. The zero-order valence-electron chi connectivity index (χ0n) is 16.8. The number of hydrogen-bond donors (Lipinski definition) is 1. The summed E-state index contributed by atoms with van der Waals surface area (Å²) in [5, 5.41) is 3.21. The van der Waals surface area contributed by atoms with Crippen LogP contribution in [0, 0.1) is 5.92 Å². The van der Waals surface area contributed by atoms with Gasteiger partial charge in [-0.25, -0.2) is 0 Å². The minimum absolute atomic E-state index is 0.110. The summed E-state index contributed by atoms with van der Waals surface area (Å²) in [4.78, 5) is 27.9. The number of amides is 1. The molecule has 4 heterocycles. The summed E-state index contributed by atoms with van der Waals surface area (Å²) in [6.45, 7) is 3.20. The molecule has 5 nitrogen and oxygen atoms in total. The highest BCUT2D eigenvalue weighted by atomic mass is 16.2. The molecule has 0 saturated carbocycles. The molecule has 3 aliphatic rings. The van der Waals surface area contributed by atoms with E-state index >= 15 is 0 Å². The van der Waals surface area contributed by atoms with E-state index < -0.39 is 0 Å². The van der Waals surface area contributed by atoms with Crippen molar-refractivity contribution in [3.63, 3.8) is 0 Å². The number of aromatic nitrogens is 1. The fourth-order valence-corrected chi connectivity index (χ4v) is 4.67. The van der Waals surface area contributed by atoms with Crippen LogP contribution in [0.1, 0.15) is 23.2 Å². The van der Waals surface area contributed by atoms with Gasteiger partial charge in [-0.05, 0) is 61.2 Å². The van der Waals surface area contributed by atoms with Crippen molar-refractivity contribution in [1.82, 2.24) is 14.8 Å². The van der Waals surface area contributed by atoms with Crippen LogP contribution in [0.15, 0.2) is 77.7 Å². The third kappa shape index (κ3) is 3.68. The number of carbonyl (C=O) groups is 1. The van der Waals surface area contributed by atoms with E-state index in [1.54, 1.807) is 16.8 Å². The van der Waals surface area contributed by atoms with E-state index in [4.69, 9.17) is 0 Å². The Labute approximate surface area is 176 Å². The molecule has 0 radical (unpaired) electrons. The number of fused-ring (bicyclic) bond motifs is 3. The largest absolute Gasteiger partial charge is 0.348 e. The number of piperidine rings is 3. The minimum Gasteiger partial charge on any atom is -0.348 e. The maximum atomic E-state index is 12.9. The van der Waals surface area contributed by atoms with Crippen molar-refractivity contribution >= 4 is 5.91 Å². The lowest BCUT2D eigenvalue weighted by Gasteiger charge is -2.44.